The van der Waals surface area contributed by atoms with Crippen molar-refractivity contribution < 1.29 is 13.9 Å². The predicted molar refractivity (Wildman–Crippen MR) is 81.0 cm³/mol. The Kier molecular flexibility index (Phi) is 4.81. The SMILES string of the molecule is COC(=O)C(Nc1ccccc1F)c1ccc(Cl)cc1C. The summed E-state index contributed by atoms with van der Waals surface area (Å²) >= 11 is 5.92. The van der Waals surface area contributed by atoms with Gasteiger partial charge in [0.15, 0.2) is 6.04 Å². The van der Waals surface area contributed by atoms with Gasteiger partial charge >= 0.3 is 5.97 Å². The highest BCUT2D eigenvalue weighted by molar-refractivity contribution is 6.30. The van der Waals surface area contributed by atoms with Gasteiger partial charge in [0.25, 0.3) is 0 Å². The van der Waals surface area contributed by atoms with E-state index in [2.05, 4.69) is 5.32 Å². The smallest absolute Gasteiger partial charge is 0.332 e. The molecule has 1 unspecified atom stereocenters. The largest absolute Gasteiger partial charge is 0.467 e. The van der Waals surface area contributed by atoms with Crippen molar-refractivity contribution in [3.8, 4) is 0 Å². The normalized spacial score (nSPS) is 11.8. The van der Waals surface area contributed by atoms with Crippen LogP contribution in [0.5, 0.6) is 0 Å². The fourth-order valence-corrected chi connectivity index (χ4v) is 2.30. The summed E-state index contributed by atoms with van der Waals surface area (Å²) in [5.74, 6) is -0.929. The minimum Gasteiger partial charge on any atom is -0.467 e. The fraction of sp³-hybridized carbons (Fsp3) is 0.188. The molecule has 0 aliphatic heterocycles. The maximum absolute atomic E-state index is 13.8. The number of rotatable bonds is 4. The van der Waals surface area contributed by atoms with Gasteiger partial charge in [0, 0.05) is 5.02 Å². The lowest BCUT2D eigenvalue weighted by atomic mass is 10.0. The lowest BCUT2D eigenvalue weighted by molar-refractivity contribution is -0.141. The molecular formula is C16H15ClFNO2. The van der Waals surface area contributed by atoms with E-state index in [4.69, 9.17) is 16.3 Å². The van der Waals surface area contributed by atoms with Gasteiger partial charge in [-0.05, 0) is 42.3 Å². The molecule has 5 heteroatoms. The van der Waals surface area contributed by atoms with E-state index in [9.17, 15) is 9.18 Å². The van der Waals surface area contributed by atoms with Crippen molar-refractivity contribution in [1.82, 2.24) is 0 Å². The topological polar surface area (TPSA) is 38.3 Å². The summed E-state index contributed by atoms with van der Waals surface area (Å²) in [4.78, 5) is 12.0. The average molecular weight is 308 g/mol. The van der Waals surface area contributed by atoms with E-state index in [0.717, 1.165) is 5.56 Å². The number of ether oxygens (including phenoxy) is 1. The van der Waals surface area contributed by atoms with Crippen LogP contribution in [0.1, 0.15) is 17.2 Å². The summed E-state index contributed by atoms with van der Waals surface area (Å²) < 4.78 is 18.6. The number of anilines is 1. The van der Waals surface area contributed by atoms with E-state index in [1.54, 1.807) is 36.4 Å². The van der Waals surface area contributed by atoms with E-state index >= 15 is 0 Å². The zero-order valence-electron chi connectivity index (χ0n) is 11.7. The lowest BCUT2D eigenvalue weighted by Gasteiger charge is -2.20. The van der Waals surface area contributed by atoms with Crippen LogP contribution in [0, 0.1) is 12.7 Å². The van der Waals surface area contributed by atoms with Crippen molar-refractivity contribution in [2.75, 3.05) is 12.4 Å². The Morgan fingerprint density at radius 1 is 1.29 bits per heavy atom. The molecule has 0 amide bonds. The van der Waals surface area contributed by atoms with E-state index in [1.807, 2.05) is 6.92 Å². The molecule has 1 N–H and O–H groups in total. The van der Waals surface area contributed by atoms with Crippen LogP contribution in [-0.2, 0) is 9.53 Å². The molecule has 0 aliphatic rings. The lowest BCUT2D eigenvalue weighted by Crippen LogP contribution is -2.23. The maximum atomic E-state index is 13.8. The number of para-hydroxylation sites is 1. The zero-order chi connectivity index (χ0) is 15.4. The number of nitrogens with one attached hydrogen (secondary N) is 1. The van der Waals surface area contributed by atoms with E-state index < -0.39 is 17.8 Å². The number of benzene rings is 2. The molecule has 21 heavy (non-hydrogen) atoms. The molecule has 0 saturated heterocycles. The Balaban J connectivity index is 2.40. The standard InChI is InChI=1S/C16H15ClFNO2/c1-10-9-11(17)7-8-12(10)15(16(20)21-2)19-14-6-4-3-5-13(14)18/h3-9,15,19H,1-2H3. The maximum Gasteiger partial charge on any atom is 0.332 e. The summed E-state index contributed by atoms with van der Waals surface area (Å²) in [7, 11) is 1.30. The number of esters is 1. The summed E-state index contributed by atoms with van der Waals surface area (Å²) in [5, 5.41) is 3.46. The fourth-order valence-electron chi connectivity index (χ4n) is 2.08. The first-order valence-electron chi connectivity index (χ1n) is 6.38. The molecule has 0 radical (unpaired) electrons. The van der Waals surface area contributed by atoms with Crippen molar-refractivity contribution in [3.63, 3.8) is 0 Å². The molecule has 0 bridgehead atoms. The van der Waals surface area contributed by atoms with E-state index in [0.29, 0.717) is 10.6 Å². The Morgan fingerprint density at radius 2 is 2.00 bits per heavy atom. The van der Waals surface area contributed by atoms with Crippen LogP contribution in [0.3, 0.4) is 0 Å². The van der Waals surface area contributed by atoms with Gasteiger partial charge in [-0.25, -0.2) is 9.18 Å². The number of methoxy groups -OCH3 is 1. The monoisotopic (exact) mass is 307 g/mol. The molecule has 0 aliphatic carbocycles. The first-order chi connectivity index (χ1) is 10.0. The summed E-state index contributed by atoms with van der Waals surface area (Å²) in [6, 6.07) is 10.5. The van der Waals surface area contributed by atoms with Crippen LogP contribution in [0.25, 0.3) is 0 Å². The molecule has 0 heterocycles. The first-order valence-corrected chi connectivity index (χ1v) is 6.75. The molecule has 2 rings (SSSR count). The molecule has 0 fully saturated rings. The van der Waals surface area contributed by atoms with E-state index in [-0.39, 0.29) is 5.69 Å². The molecule has 2 aromatic rings. The van der Waals surface area contributed by atoms with Gasteiger partial charge in [-0.3, -0.25) is 0 Å². The number of carbonyl (C=O) groups is 1. The van der Waals surface area contributed by atoms with Crippen molar-refractivity contribution in [2.45, 2.75) is 13.0 Å². The van der Waals surface area contributed by atoms with Gasteiger partial charge in [-0.1, -0.05) is 29.8 Å². The van der Waals surface area contributed by atoms with Gasteiger partial charge in [0.2, 0.25) is 0 Å². The molecule has 2 aromatic carbocycles. The number of halogens is 2. The van der Waals surface area contributed by atoms with E-state index in [1.165, 1.54) is 13.2 Å². The second-order valence-electron chi connectivity index (χ2n) is 4.58. The van der Waals surface area contributed by atoms with Crippen LogP contribution in [0.2, 0.25) is 5.02 Å². The predicted octanol–water partition coefficient (Wildman–Crippen LogP) is 4.11. The third-order valence-electron chi connectivity index (χ3n) is 3.15. The van der Waals surface area contributed by atoms with Gasteiger partial charge in [-0.2, -0.15) is 0 Å². The molecule has 0 aromatic heterocycles. The highest BCUT2D eigenvalue weighted by atomic mass is 35.5. The highest BCUT2D eigenvalue weighted by Crippen LogP contribution is 2.27. The third kappa shape index (κ3) is 3.52. The Bertz CT molecular complexity index is 660. The summed E-state index contributed by atoms with van der Waals surface area (Å²) in [5.41, 5.74) is 1.75. The summed E-state index contributed by atoms with van der Waals surface area (Å²) in [6.45, 7) is 1.83. The molecule has 110 valence electrons. The molecular weight excluding hydrogens is 293 g/mol. The van der Waals surface area contributed by atoms with Crippen molar-refractivity contribution in [2.24, 2.45) is 0 Å². The van der Waals surface area contributed by atoms with Crippen molar-refractivity contribution in [1.29, 1.82) is 0 Å². The van der Waals surface area contributed by atoms with Crippen LogP contribution in [0.4, 0.5) is 10.1 Å². The number of carbonyl (C=O) groups excluding carboxylic acids is 1. The molecule has 0 spiro atoms. The first kappa shape index (κ1) is 15.3. The Labute approximate surface area is 127 Å². The average Bonchev–Trinajstić information content (AvgIpc) is 2.46. The summed E-state index contributed by atoms with van der Waals surface area (Å²) in [6.07, 6.45) is 0. The van der Waals surface area contributed by atoms with Gasteiger partial charge in [0.05, 0.1) is 12.8 Å². The van der Waals surface area contributed by atoms with Gasteiger partial charge < -0.3 is 10.1 Å². The number of hydrogen-bond donors (Lipinski definition) is 1. The molecule has 0 saturated carbocycles. The van der Waals surface area contributed by atoms with Crippen LogP contribution in [0.15, 0.2) is 42.5 Å². The second-order valence-corrected chi connectivity index (χ2v) is 5.02. The Hall–Kier alpha value is -2.07. The molecule has 1 atom stereocenters. The van der Waals surface area contributed by atoms with Gasteiger partial charge in [-0.15, -0.1) is 0 Å². The van der Waals surface area contributed by atoms with Crippen molar-refractivity contribution in [3.05, 3.63) is 64.4 Å². The Morgan fingerprint density at radius 3 is 2.62 bits per heavy atom. The van der Waals surface area contributed by atoms with Gasteiger partial charge in [0.1, 0.15) is 5.82 Å². The quantitative estimate of drug-likeness (QED) is 0.864. The number of aryl methyl sites for hydroxylation is 1. The minimum absolute atomic E-state index is 0.238. The zero-order valence-corrected chi connectivity index (χ0v) is 12.4. The van der Waals surface area contributed by atoms with Crippen LogP contribution >= 0.6 is 11.6 Å². The van der Waals surface area contributed by atoms with Crippen LogP contribution < -0.4 is 5.32 Å². The van der Waals surface area contributed by atoms with Crippen molar-refractivity contribution >= 4 is 23.3 Å². The molecule has 3 nitrogen and oxygen atoms in total. The second kappa shape index (κ2) is 6.59. The highest BCUT2D eigenvalue weighted by Gasteiger charge is 2.24. The number of hydrogen-bond acceptors (Lipinski definition) is 3. The van der Waals surface area contributed by atoms with Crippen LogP contribution in [-0.4, -0.2) is 13.1 Å². The third-order valence-corrected chi connectivity index (χ3v) is 3.39. The minimum atomic E-state index is -0.802.